The van der Waals surface area contributed by atoms with E-state index in [0.717, 1.165) is 12.4 Å². The minimum atomic E-state index is 0.0191. The summed E-state index contributed by atoms with van der Waals surface area (Å²) in [5, 5.41) is 3.37. The lowest BCUT2D eigenvalue weighted by molar-refractivity contribution is 0.232. The molecule has 0 saturated carbocycles. The van der Waals surface area contributed by atoms with E-state index in [0.29, 0.717) is 5.88 Å². The van der Waals surface area contributed by atoms with Gasteiger partial charge in [0.2, 0.25) is 5.88 Å². The van der Waals surface area contributed by atoms with Crippen LogP contribution in [0, 0.1) is 0 Å². The van der Waals surface area contributed by atoms with Gasteiger partial charge in [-0.3, -0.25) is 0 Å². The Hall–Kier alpha value is -2.10. The molecule has 0 aliphatic carbocycles. The lowest BCUT2D eigenvalue weighted by atomic mass is 9.85. The summed E-state index contributed by atoms with van der Waals surface area (Å²) in [5.41, 5.74) is 1.32. The van der Waals surface area contributed by atoms with Crippen molar-refractivity contribution in [1.29, 1.82) is 0 Å². The van der Waals surface area contributed by atoms with Crippen molar-refractivity contribution in [2.24, 2.45) is 0 Å². The Kier molecular flexibility index (Phi) is 4.78. The monoisotopic (exact) mass is 285 g/mol. The molecule has 2 rings (SSSR count). The number of nitrogens with zero attached hydrogens (tertiary/aromatic N) is 2. The van der Waals surface area contributed by atoms with Crippen LogP contribution in [-0.2, 0) is 5.41 Å². The number of hydrogen-bond donors (Lipinski definition) is 1. The van der Waals surface area contributed by atoms with Crippen LogP contribution in [0.1, 0.15) is 33.3 Å². The fraction of sp³-hybridized carbons (Fsp3) is 0.412. The van der Waals surface area contributed by atoms with E-state index in [1.54, 1.807) is 0 Å². The molecular formula is C17H23N3O. The smallest absolute Gasteiger partial charge is 0.218 e. The minimum absolute atomic E-state index is 0.0191. The van der Waals surface area contributed by atoms with Gasteiger partial charge < -0.3 is 10.1 Å². The molecular weight excluding hydrogens is 262 g/mol. The minimum Gasteiger partial charge on any atom is -0.475 e. The second kappa shape index (κ2) is 6.57. The fourth-order valence-corrected chi connectivity index (χ4v) is 2.05. The van der Waals surface area contributed by atoms with Crippen molar-refractivity contribution in [3.05, 3.63) is 48.3 Å². The van der Waals surface area contributed by atoms with Crippen molar-refractivity contribution in [3.63, 3.8) is 0 Å². The molecule has 0 amide bonds. The van der Waals surface area contributed by atoms with E-state index in [1.165, 1.54) is 11.9 Å². The first-order valence-corrected chi connectivity index (χ1v) is 7.25. The molecule has 112 valence electrons. The van der Waals surface area contributed by atoms with Gasteiger partial charge in [0.1, 0.15) is 12.1 Å². The van der Waals surface area contributed by atoms with Gasteiger partial charge >= 0.3 is 0 Å². The van der Waals surface area contributed by atoms with Crippen molar-refractivity contribution >= 4 is 5.82 Å². The predicted octanol–water partition coefficient (Wildman–Crippen LogP) is 3.65. The molecule has 4 nitrogen and oxygen atoms in total. The lowest BCUT2D eigenvalue weighted by Crippen LogP contribution is -2.27. The molecule has 1 aromatic heterocycles. The standard InChI is InChI=1S/C17H23N3O/c1-13(2)21-16-10-15(19-12-20-16)18-11-17(3,4)14-8-6-5-7-9-14/h5-10,12-13H,11H2,1-4H3,(H,18,19,20). The van der Waals surface area contributed by atoms with Crippen LogP contribution in [0.5, 0.6) is 5.88 Å². The van der Waals surface area contributed by atoms with Crippen LogP contribution in [0.3, 0.4) is 0 Å². The average Bonchev–Trinajstić information content (AvgIpc) is 2.46. The molecule has 0 unspecified atom stereocenters. The molecule has 1 aromatic carbocycles. The summed E-state index contributed by atoms with van der Waals surface area (Å²) < 4.78 is 5.58. The number of ether oxygens (including phenoxy) is 1. The zero-order valence-electron chi connectivity index (χ0n) is 13.1. The van der Waals surface area contributed by atoms with Gasteiger partial charge in [0.15, 0.2) is 0 Å². The first kappa shape index (κ1) is 15.3. The van der Waals surface area contributed by atoms with Crippen LogP contribution in [0.2, 0.25) is 0 Å². The second-order valence-electron chi connectivity index (χ2n) is 6.01. The number of benzene rings is 1. The van der Waals surface area contributed by atoms with Crippen LogP contribution in [-0.4, -0.2) is 22.6 Å². The highest BCUT2D eigenvalue weighted by Gasteiger charge is 2.20. The fourth-order valence-electron chi connectivity index (χ4n) is 2.05. The molecule has 2 aromatic rings. The zero-order chi connectivity index (χ0) is 15.3. The Morgan fingerprint density at radius 1 is 1.14 bits per heavy atom. The van der Waals surface area contributed by atoms with E-state index < -0.39 is 0 Å². The van der Waals surface area contributed by atoms with E-state index in [2.05, 4.69) is 53.4 Å². The third-order valence-corrected chi connectivity index (χ3v) is 3.27. The summed E-state index contributed by atoms with van der Waals surface area (Å²) in [6, 6.07) is 12.3. The van der Waals surface area contributed by atoms with Crippen molar-refractivity contribution in [2.75, 3.05) is 11.9 Å². The Labute approximate surface area is 126 Å². The maximum atomic E-state index is 5.58. The van der Waals surface area contributed by atoms with Gasteiger partial charge in [-0.2, -0.15) is 0 Å². The third-order valence-electron chi connectivity index (χ3n) is 3.27. The van der Waals surface area contributed by atoms with E-state index in [9.17, 15) is 0 Å². The first-order valence-electron chi connectivity index (χ1n) is 7.25. The van der Waals surface area contributed by atoms with E-state index >= 15 is 0 Å². The molecule has 0 atom stereocenters. The number of anilines is 1. The lowest BCUT2D eigenvalue weighted by Gasteiger charge is -2.26. The highest BCUT2D eigenvalue weighted by atomic mass is 16.5. The van der Waals surface area contributed by atoms with E-state index in [4.69, 9.17) is 4.74 Å². The third kappa shape index (κ3) is 4.45. The highest BCUT2D eigenvalue weighted by Crippen LogP contribution is 2.23. The average molecular weight is 285 g/mol. The molecule has 0 fully saturated rings. The number of aromatic nitrogens is 2. The van der Waals surface area contributed by atoms with Gasteiger partial charge in [-0.25, -0.2) is 9.97 Å². The molecule has 4 heteroatoms. The number of nitrogens with one attached hydrogen (secondary N) is 1. The Morgan fingerprint density at radius 3 is 2.52 bits per heavy atom. The summed E-state index contributed by atoms with van der Waals surface area (Å²) in [6.45, 7) is 9.17. The largest absolute Gasteiger partial charge is 0.475 e. The number of rotatable bonds is 6. The molecule has 1 N–H and O–H groups in total. The summed E-state index contributed by atoms with van der Waals surface area (Å²) in [5.74, 6) is 1.38. The van der Waals surface area contributed by atoms with Crippen LogP contribution in [0.15, 0.2) is 42.7 Å². The van der Waals surface area contributed by atoms with Crippen LogP contribution < -0.4 is 10.1 Å². The molecule has 0 bridgehead atoms. The number of hydrogen-bond acceptors (Lipinski definition) is 4. The van der Waals surface area contributed by atoms with Crippen LogP contribution in [0.4, 0.5) is 5.82 Å². The van der Waals surface area contributed by atoms with Crippen molar-refractivity contribution in [1.82, 2.24) is 9.97 Å². The summed E-state index contributed by atoms with van der Waals surface area (Å²) >= 11 is 0. The molecule has 0 saturated heterocycles. The summed E-state index contributed by atoms with van der Waals surface area (Å²) in [7, 11) is 0. The van der Waals surface area contributed by atoms with Crippen LogP contribution >= 0.6 is 0 Å². The Bertz CT molecular complexity index is 567. The molecule has 0 spiro atoms. The molecule has 0 aliphatic rings. The van der Waals surface area contributed by atoms with E-state index in [-0.39, 0.29) is 11.5 Å². The van der Waals surface area contributed by atoms with Crippen molar-refractivity contribution < 1.29 is 4.74 Å². The maximum Gasteiger partial charge on any atom is 0.218 e. The Balaban J connectivity index is 2.02. The second-order valence-corrected chi connectivity index (χ2v) is 6.01. The topological polar surface area (TPSA) is 47.0 Å². The van der Waals surface area contributed by atoms with Crippen molar-refractivity contribution in [2.45, 2.75) is 39.2 Å². The maximum absolute atomic E-state index is 5.58. The summed E-state index contributed by atoms with van der Waals surface area (Å²) in [4.78, 5) is 8.35. The highest BCUT2D eigenvalue weighted by molar-refractivity contribution is 5.38. The normalized spacial score (nSPS) is 11.5. The molecule has 0 aliphatic heterocycles. The van der Waals surface area contributed by atoms with Gasteiger partial charge in [0.05, 0.1) is 6.10 Å². The van der Waals surface area contributed by atoms with Gasteiger partial charge in [-0.15, -0.1) is 0 Å². The van der Waals surface area contributed by atoms with Gasteiger partial charge in [-0.05, 0) is 19.4 Å². The molecule has 0 radical (unpaired) electrons. The predicted molar refractivity (Wildman–Crippen MR) is 85.8 cm³/mol. The van der Waals surface area contributed by atoms with Gasteiger partial charge in [-0.1, -0.05) is 44.2 Å². The zero-order valence-corrected chi connectivity index (χ0v) is 13.1. The quantitative estimate of drug-likeness (QED) is 0.880. The summed E-state index contributed by atoms with van der Waals surface area (Å²) in [6.07, 6.45) is 1.63. The SMILES string of the molecule is CC(C)Oc1cc(NCC(C)(C)c2ccccc2)ncn1. The van der Waals surface area contributed by atoms with Gasteiger partial charge in [0, 0.05) is 18.0 Å². The molecule has 1 heterocycles. The van der Waals surface area contributed by atoms with Crippen molar-refractivity contribution in [3.8, 4) is 5.88 Å². The van der Waals surface area contributed by atoms with Crippen LogP contribution in [0.25, 0.3) is 0 Å². The molecule has 21 heavy (non-hydrogen) atoms. The van der Waals surface area contributed by atoms with Gasteiger partial charge in [0.25, 0.3) is 0 Å². The first-order chi connectivity index (χ1) is 9.97. The Morgan fingerprint density at radius 2 is 1.86 bits per heavy atom. The van der Waals surface area contributed by atoms with E-state index in [1.807, 2.05) is 26.0 Å².